The van der Waals surface area contributed by atoms with Crippen LogP contribution in [0.4, 0.5) is 5.00 Å². The van der Waals surface area contributed by atoms with Gasteiger partial charge in [-0.1, -0.05) is 0 Å². The summed E-state index contributed by atoms with van der Waals surface area (Å²) < 4.78 is 1.06. The number of nitrogens with zero attached hydrogens (tertiary/aromatic N) is 3. The molecule has 1 saturated carbocycles. The molecule has 4 rings (SSSR count). The monoisotopic (exact) mass is 371 g/mol. The van der Waals surface area contributed by atoms with Crippen LogP contribution in [-0.2, 0) is 4.79 Å². The van der Waals surface area contributed by atoms with Crippen molar-refractivity contribution in [2.24, 2.45) is 11.7 Å². The Labute approximate surface area is 157 Å². The molecule has 6 nitrogen and oxygen atoms in total. The van der Waals surface area contributed by atoms with Crippen LogP contribution in [0, 0.1) is 5.92 Å². The molecular weight excluding hydrogens is 346 g/mol. The van der Waals surface area contributed by atoms with Crippen LogP contribution in [-0.4, -0.2) is 33.9 Å². The maximum absolute atomic E-state index is 12.3. The number of allylic oxidation sites excluding steroid dienone is 2. The van der Waals surface area contributed by atoms with Gasteiger partial charge in [0.1, 0.15) is 6.33 Å². The summed E-state index contributed by atoms with van der Waals surface area (Å²) in [4.78, 5) is 23.4. The lowest BCUT2D eigenvalue weighted by molar-refractivity contribution is -0.133. The number of piperidine rings is 1. The third-order valence-electron chi connectivity index (χ3n) is 5.61. The standard InChI is InChI=1S/C19H25N5OS/c1-10(11(2)20)14-16-17(26-18(14)21)15(22-9-23-16)12-5-7-24(8-6-12)19(25)13-3-4-13/h9,12-13H,3-8,20-21H2,1-2H3/b11-10-. The Hall–Kier alpha value is -2.15. The van der Waals surface area contributed by atoms with E-state index in [1.54, 1.807) is 17.7 Å². The molecule has 0 radical (unpaired) electrons. The SMILES string of the molecule is C/C(N)=C(\C)c1c(N)sc2c(C3CCN(C(=O)C4CC4)CC3)ncnc12. The maximum atomic E-state index is 12.3. The summed E-state index contributed by atoms with van der Waals surface area (Å²) in [6, 6.07) is 0. The Morgan fingerprint density at radius 1 is 1.19 bits per heavy atom. The van der Waals surface area contributed by atoms with Gasteiger partial charge >= 0.3 is 0 Å². The molecule has 2 aromatic rings. The lowest BCUT2D eigenvalue weighted by Crippen LogP contribution is -2.38. The molecule has 4 N–H and O–H groups in total. The molecule has 0 unspecified atom stereocenters. The van der Waals surface area contributed by atoms with Gasteiger partial charge in [-0.25, -0.2) is 9.97 Å². The third kappa shape index (κ3) is 2.94. The Bertz CT molecular complexity index is 887. The second-order valence-corrected chi connectivity index (χ2v) is 8.51. The van der Waals surface area contributed by atoms with Crippen LogP contribution in [0.3, 0.4) is 0 Å². The molecule has 0 aromatic carbocycles. The van der Waals surface area contributed by atoms with Crippen LogP contribution in [0.25, 0.3) is 15.8 Å². The van der Waals surface area contributed by atoms with Gasteiger partial charge in [0.2, 0.25) is 5.91 Å². The van der Waals surface area contributed by atoms with Crippen LogP contribution in [0.5, 0.6) is 0 Å². The van der Waals surface area contributed by atoms with E-state index in [1.165, 1.54) is 0 Å². The second kappa shape index (κ2) is 6.54. The van der Waals surface area contributed by atoms with Gasteiger partial charge in [0.15, 0.2) is 0 Å². The normalized spacial score (nSPS) is 19.7. The fraction of sp³-hybridized carbons (Fsp3) is 0.526. The Morgan fingerprint density at radius 3 is 2.50 bits per heavy atom. The van der Waals surface area contributed by atoms with Gasteiger partial charge in [0.05, 0.1) is 20.9 Å². The third-order valence-corrected chi connectivity index (χ3v) is 6.64. The minimum absolute atomic E-state index is 0.297. The van der Waals surface area contributed by atoms with Crippen molar-refractivity contribution in [2.45, 2.75) is 45.4 Å². The maximum Gasteiger partial charge on any atom is 0.225 e. The summed E-state index contributed by atoms with van der Waals surface area (Å²) in [5, 5.41) is 0.741. The predicted molar refractivity (Wildman–Crippen MR) is 106 cm³/mol. The highest BCUT2D eigenvalue weighted by molar-refractivity contribution is 7.23. The minimum atomic E-state index is 0.297. The highest BCUT2D eigenvalue weighted by atomic mass is 32.1. The van der Waals surface area contributed by atoms with E-state index >= 15 is 0 Å². The van der Waals surface area contributed by atoms with Gasteiger partial charge in [0.25, 0.3) is 0 Å². The number of thiophene rings is 1. The smallest absolute Gasteiger partial charge is 0.225 e. The number of anilines is 1. The van der Waals surface area contributed by atoms with Gasteiger partial charge in [-0.15, -0.1) is 11.3 Å². The summed E-state index contributed by atoms with van der Waals surface area (Å²) in [5.74, 6) is 0.988. The average Bonchev–Trinajstić information content (AvgIpc) is 3.42. The lowest BCUT2D eigenvalue weighted by atomic mass is 9.92. The number of carbonyl (C=O) groups is 1. The van der Waals surface area contributed by atoms with E-state index in [-0.39, 0.29) is 0 Å². The first-order valence-corrected chi connectivity index (χ1v) is 10.0. The van der Waals surface area contributed by atoms with Crippen molar-refractivity contribution in [1.82, 2.24) is 14.9 Å². The topological polar surface area (TPSA) is 98.1 Å². The van der Waals surface area contributed by atoms with Crippen molar-refractivity contribution in [2.75, 3.05) is 18.8 Å². The zero-order valence-corrected chi connectivity index (χ0v) is 16.1. The van der Waals surface area contributed by atoms with E-state index in [9.17, 15) is 4.79 Å². The summed E-state index contributed by atoms with van der Waals surface area (Å²) in [6.07, 6.45) is 5.66. The molecule has 1 aliphatic heterocycles. The molecule has 0 bridgehead atoms. The molecule has 1 amide bonds. The van der Waals surface area contributed by atoms with Gasteiger partial charge in [0, 0.05) is 36.2 Å². The second-order valence-electron chi connectivity index (χ2n) is 7.46. The van der Waals surface area contributed by atoms with Crippen molar-refractivity contribution in [1.29, 1.82) is 0 Å². The van der Waals surface area contributed by atoms with Crippen molar-refractivity contribution in [3.63, 3.8) is 0 Å². The largest absolute Gasteiger partial charge is 0.402 e. The molecule has 7 heteroatoms. The molecule has 0 atom stereocenters. The molecule has 2 aromatic heterocycles. The Morgan fingerprint density at radius 2 is 1.88 bits per heavy atom. The Kier molecular flexibility index (Phi) is 4.34. The number of hydrogen-bond donors (Lipinski definition) is 2. The quantitative estimate of drug-likeness (QED) is 0.864. The van der Waals surface area contributed by atoms with Crippen LogP contribution < -0.4 is 11.5 Å². The highest BCUT2D eigenvalue weighted by Gasteiger charge is 2.35. The van der Waals surface area contributed by atoms with Crippen molar-refractivity contribution >= 4 is 38.0 Å². The van der Waals surface area contributed by atoms with Crippen LogP contribution in [0.15, 0.2) is 12.0 Å². The fourth-order valence-electron chi connectivity index (χ4n) is 3.76. The summed E-state index contributed by atoms with van der Waals surface area (Å²) in [7, 11) is 0. The van der Waals surface area contributed by atoms with Gasteiger partial charge in [-0.05, 0) is 45.1 Å². The lowest BCUT2D eigenvalue weighted by Gasteiger charge is -2.32. The molecule has 0 spiro atoms. The highest BCUT2D eigenvalue weighted by Crippen LogP contribution is 2.42. The number of nitrogen functional groups attached to an aromatic ring is 1. The van der Waals surface area contributed by atoms with E-state index in [2.05, 4.69) is 9.97 Å². The molecular formula is C19H25N5OS. The van der Waals surface area contributed by atoms with E-state index in [4.69, 9.17) is 11.5 Å². The number of aromatic nitrogens is 2. The number of carbonyl (C=O) groups excluding carboxylic acids is 1. The number of likely N-dealkylation sites (tertiary alicyclic amines) is 1. The number of rotatable bonds is 3. The van der Waals surface area contributed by atoms with E-state index in [0.717, 1.165) is 76.5 Å². The van der Waals surface area contributed by atoms with Gasteiger partial charge in [-0.2, -0.15) is 0 Å². The van der Waals surface area contributed by atoms with E-state index in [1.807, 2.05) is 18.7 Å². The first-order valence-electron chi connectivity index (χ1n) is 9.22. The number of hydrogen-bond acceptors (Lipinski definition) is 6. The zero-order chi connectivity index (χ0) is 18.4. The summed E-state index contributed by atoms with van der Waals surface area (Å²) >= 11 is 1.55. The first-order chi connectivity index (χ1) is 12.5. The van der Waals surface area contributed by atoms with Crippen LogP contribution in [0.1, 0.15) is 56.7 Å². The summed E-state index contributed by atoms with van der Waals surface area (Å²) in [5.41, 5.74) is 16.9. The van der Waals surface area contributed by atoms with Crippen LogP contribution in [0.2, 0.25) is 0 Å². The van der Waals surface area contributed by atoms with Crippen molar-refractivity contribution in [3.05, 3.63) is 23.3 Å². The van der Waals surface area contributed by atoms with Crippen LogP contribution >= 0.6 is 11.3 Å². The predicted octanol–water partition coefficient (Wildman–Crippen LogP) is 3.10. The fourth-order valence-corrected chi connectivity index (χ4v) is 4.90. The number of fused-ring (bicyclic) bond motifs is 1. The van der Waals surface area contributed by atoms with E-state index in [0.29, 0.717) is 17.7 Å². The van der Waals surface area contributed by atoms with Gasteiger partial charge in [-0.3, -0.25) is 4.79 Å². The zero-order valence-electron chi connectivity index (χ0n) is 15.3. The molecule has 1 aliphatic carbocycles. The van der Waals surface area contributed by atoms with Crippen molar-refractivity contribution in [3.8, 4) is 0 Å². The summed E-state index contributed by atoms with van der Waals surface area (Å²) in [6.45, 7) is 5.50. The van der Waals surface area contributed by atoms with Crippen molar-refractivity contribution < 1.29 is 4.79 Å². The average molecular weight is 372 g/mol. The Balaban J connectivity index is 1.63. The van der Waals surface area contributed by atoms with E-state index < -0.39 is 0 Å². The molecule has 2 aliphatic rings. The minimum Gasteiger partial charge on any atom is -0.402 e. The molecule has 2 fully saturated rings. The molecule has 3 heterocycles. The molecule has 26 heavy (non-hydrogen) atoms. The number of nitrogens with two attached hydrogens (primary N) is 2. The van der Waals surface area contributed by atoms with Gasteiger partial charge < -0.3 is 16.4 Å². The first kappa shape index (κ1) is 17.3. The number of amides is 1. The molecule has 138 valence electrons. The molecule has 1 saturated heterocycles.